The molecule has 78 valence electrons. The maximum Gasteiger partial charge on any atom is 0.267 e. The first-order valence-electron chi connectivity index (χ1n) is 4.28. The fourth-order valence-electron chi connectivity index (χ4n) is 1.37. The van der Waals surface area contributed by atoms with E-state index in [1.54, 1.807) is 19.1 Å². The number of rotatable bonds is 3. The largest absolute Gasteiger partial charge is 0.496 e. The summed E-state index contributed by atoms with van der Waals surface area (Å²) >= 11 is 0. The molecule has 0 aliphatic heterocycles. The molecular weight excluding hydrogens is 188 g/mol. The Morgan fingerprint density at radius 3 is 2.43 bits per heavy atom. The van der Waals surface area contributed by atoms with Crippen LogP contribution in [0.15, 0.2) is 18.2 Å². The van der Waals surface area contributed by atoms with E-state index in [1.807, 2.05) is 0 Å². The third-order valence-corrected chi connectivity index (χ3v) is 2.03. The summed E-state index contributed by atoms with van der Waals surface area (Å²) in [6, 6.07) is 4.33. The Kier molecular flexibility index (Phi) is 3.41. The second-order valence-electron chi connectivity index (χ2n) is 3.05. The number of alkyl halides is 2. The Balaban J connectivity index is 3.28. The topological polar surface area (TPSA) is 35.2 Å². The van der Waals surface area contributed by atoms with Gasteiger partial charge in [-0.1, -0.05) is 12.1 Å². The van der Waals surface area contributed by atoms with E-state index < -0.39 is 12.5 Å². The fraction of sp³-hybridized carbons (Fsp3) is 0.400. The highest BCUT2D eigenvalue weighted by atomic mass is 19.3. The number of benzene rings is 1. The van der Waals surface area contributed by atoms with Gasteiger partial charge >= 0.3 is 0 Å². The first-order chi connectivity index (χ1) is 6.57. The van der Waals surface area contributed by atoms with Crippen molar-refractivity contribution in [3.05, 3.63) is 29.3 Å². The van der Waals surface area contributed by atoms with E-state index in [9.17, 15) is 8.78 Å². The summed E-state index contributed by atoms with van der Waals surface area (Å²) in [4.78, 5) is 0. The van der Waals surface area contributed by atoms with Gasteiger partial charge in [0.1, 0.15) is 5.75 Å². The molecule has 0 heterocycles. The average molecular weight is 201 g/mol. The molecule has 0 fully saturated rings. The Morgan fingerprint density at radius 2 is 2.00 bits per heavy atom. The van der Waals surface area contributed by atoms with Crippen molar-refractivity contribution in [3.8, 4) is 5.75 Å². The minimum absolute atomic E-state index is 0.106. The lowest BCUT2D eigenvalue weighted by Crippen LogP contribution is -2.09. The Morgan fingerprint density at radius 1 is 1.36 bits per heavy atom. The van der Waals surface area contributed by atoms with Crippen LogP contribution in [0.5, 0.6) is 5.75 Å². The molecule has 0 bridgehead atoms. The van der Waals surface area contributed by atoms with Crippen molar-refractivity contribution in [1.29, 1.82) is 0 Å². The highest BCUT2D eigenvalue weighted by Crippen LogP contribution is 2.34. The molecular formula is C10H13F2NO. The number of hydrogen-bond acceptors (Lipinski definition) is 2. The molecule has 1 rings (SSSR count). The quantitative estimate of drug-likeness (QED) is 0.815. The summed E-state index contributed by atoms with van der Waals surface area (Å²) < 4.78 is 30.3. The summed E-state index contributed by atoms with van der Waals surface area (Å²) in [6.07, 6.45) is -2.56. The van der Waals surface area contributed by atoms with Gasteiger partial charge in [-0.05, 0) is 18.6 Å². The van der Waals surface area contributed by atoms with E-state index in [0.717, 1.165) is 0 Å². The van der Waals surface area contributed by atoms with Crippen LogP contribution >= 0.6 is 0 Å². The number of ether oxygens (including phenoxy) is 1. The van der Waals surface area contributed by atoms with Crippen LogP contribution < -0.4 is 10.5 Å². The van der Waals surface area contributed by atoms with E-state index in [1.165, 1.54) is 13.2 Å². The smallest absolute Gasteiger partial charge is 0.267 e. The predicted molar refractivity (Wildman–Crippen MR) is 50.6 cm³/mol. The number of hydrogen-bond donors (Lipinski definition) is 1. The molecule has 1 aromatic carbocycles. The highest BCUT2D eigenvalue weighted by molar-refractivity contribution is 5.42. The third-order valence-electron chi connectivity index (χ3n) is 2.03. The van der Waals surface area contributed by atoms with Gasteiger partial charge in [0.15, 0.2) is 0 Å². The van der Waals surface area contributed by atoms with E-state index in [-0.39, 0.29) is 11.3 Å². The summed E-state index contributed by atoms with van der Waals surface area (Å²) in [5.74, 6) is 0.190. The second-order valence-corrected chi connectivity index (χ2v) is 3.05. The summed E-state index contributed by atoms with van der Waals surface area (Å²) in [7, 11) is 1.37. The molecule has 0 aliphatic rings. The van der Waals surface area contributed by atoms with Crippen LogP contribution in [0, 0.1) is 0 Å². The molecule has 2 N–H and O–H groups in total. The molecule has 0 saturated carbocycles. The van der Waals surface area contributed by atoms with E-state index in [2.05, 4.69) is 0 Å². The normalized spacial score (nSPS) is 13.0. The van der Waals surface area contributed by atoms with Gasteiger partial charge in [-0.15, -0.1) is 0 Å². The van der Waals surface area contributed by atoms with Crippen LogP contribution in [-0.4, -0.2) is 7.11 Å². The van der Waals surface area contributed by atoms with Crippen LogP contribution in [0.25, 0.3) is 0 Å². The lowest BCUT2D eigenvalue weighted by molar-refractivity contribution is 0.145. The van der Waals surface area contributed by atoms with Crippen LogP contribution in [0.4, 0.5) is 8.78 Å². The van der Waals surface area contributed by atoms with Crippen molar-refractivity contribution in [1.82, 2.24) is 0 Å². The highest BCUT2D eigenvalue weighted by Gasteiger charge is 2.19. The van der Waals surface area contributed by atoms with Crippen LogP contribution in [0.1, 0.15) is 30.5 Å². The zero-order valence-corrected chi connectivity index (χ0v) is 8.13. The number of halogens is 2. The first kappa shape index (κ1) is 10.9. The van der Waals surface area contributed by atoms with Crippen molar-refractivity contribution < 1.29 is 13.5 Å². The van der Waals surface area contributed by atoms with Gasteiger partial charge in [-0.25, -0.2) is 8.78 Å². The molecule has 1 unspecified atom stereocenters. The van der Waals surface area contributed by atoms with Gasteiger partial charge in [0.05, 0.1) is 12.7 Å². The van der Waals surface area contributed by atoms with Crippen molar-refractivity contribution >= 4 is 0 Å². The van der Waals surface area contributed by atoms with Crippen LogP contribution in [0.2, 0.25) is 0 Å². The third kappa shape index (κ3) is 2.01. The lowest BCUT2D eigenvalue weighted by atomic mass is 10.0. The first-order valence-corrected chi connectivity index (χ1v) is 4.28. The predicted octanol–water partition coefficient (Wildman–Crippen LogP) is 2.65. The average Bonchev–Trinajstić information content (AvgIpc) is 2.16. The van der Waals surface area contributed by atoms with Gasteiger partial charge in [0, 0.05) is 6.04 Å². The Bertz CT molecular complexity index is 313. The minimum Gasteiger partial charge on any atom is -0.496 e. The van der Waals surface area contributed by atoms with Gasteiger partial charge in [-0.2, -0.15) is 0 Å². The fourth-order valence-corrected chi connectivity index (χ4v) is 1.37. The van der Waals surface area contributed by atoms with Crippen molar-refractivity contribution in [2.24, 2.45) is 5.73 Å². The summed E-state index contributed by atoms with van der Waals surface area (Å²) in [5.41, 5.74) is 5.91. The lowest BCUT2D eigenvalue weighted by Gasteiger charge is -2.15. The molecule has 14 heavy (non-hydrogen) atoms. The van der Waals surface area contributed by atoms with Gasteiger partial charge in [0.2, 0.25) is 0 Å². The van der Waals surface area contributed by atoms with Gasteiger partial charge < -0.3 is 10.5 Å². The maximum absolute atomic E-state index is 12.7. The molecule has 1 aromatic rings. The standard InChI is InChI=1S/C10H13F2NO/c1-6(13)7-4-3-5-8(14-2)9(7)10(11)12/h3-6,10H,13H2,1-2H3. The summed E-state index contributed by atoms with van der Waals surface area (Å²) in [5, 5.41) is 0. The SMILES string of the molecule is COc1cccc(C(C)N)c1C(F)F. The Labute approximate surface area is 81.7 Å². The van der Waals surface area contributed by atoms with Gasteiger partial charge in [0.25, 0.3) is 6.43 Å². The number of methoxy groups -OCH3 is 1. The zero-order chi connectivity index (χ0) is 10.7. The summed E-state index contributed by atoms with van der Waals surface area (Å²) in [6.45, 7) is 1.67. The molecule has 0 aromatic heterocycles. The van der Waals surface area contributed by atoms with Crippen molar-refractivity contribution in [2.75, 3.05) is 7.11 Å². The van der Waals surface area contributed by atoms with E-state index >= 15 is 0 Å². The molecule has 0 radical (unpaired) electrons. The molecule has 0 saturated heterocycles. The van der Waals surface area contributed by atoms with E-state index in [0.29, 0.717) is 5.56 Å². The Hall–Kier alpha value is -1.16. The van der Waals surface area contributed by atoms with Crippen LogP contribution in [-0.2, 0) is 0 Å². The van der Waals surface area contributed by atoms with Gasteiger partial charge in [-0.3, -0.25) is 0 Å². The molecule has 1 atom stereocenters. The van der Waals surface area contributed by atoms with Crippen molar-refractivity contribution in [2.45, 2.75) is 19.4 Å². The monoisotopic (exact) mass is 201 g/mol. The molecule has 0 aliphatic carbocycles. The second kappa shape index (κ2) is 4.37. The molecule has 4 heteroatoms. The van der Waals surface area contributed by atoms with E-state index in [4.69, 9.17) is 10.5 Å². The maximum atomic E-state index is 12.7. The molecule has 0 spiro atoms. The van der Waals surface area contributed by atoms with Crippen molar-refractivity contribution in [3.63, 3.8) is 0 Å². The minimum atomic E-state index is -2.56. The zero-order valence-electron chi connectivity index (χ0n) is 8.13. The van der Waals surface area contributed by atoms with Crippen LogP contribution in [0.3, 0.4) is 0 Å². The molecule has 0 amide bonds. The molecule has 2 nitrogen and oxygen atoms in total. The number of nitrogens with two attached hydrogens (primary N) is 1.